The van der Waals surface area contributed by atoms with Crippen LogP contribution in [0, 0.1) is 0 Å². The Kier molecular flexibility index (Phi) is 4.39. The predicted molar refractivity (Wildman–Crippen MR) is 87.1 cm³/mol. The van der Waals surface area contributed by atoms with Gasteiger partial charge in [0, 0.05) is 17.1 Å². The lowest BCUT2D eigenvalue weighted by atomic mass is 9.93. The van der Waals surface area contributed by atoms with Crippen molar-refractivity contribution in [2.45, 2.75) is 12.1 Å². The van der Waals surface area contributed by atoms with Crippen LogP contribution in [0.3, 0.4) is 0 Å². The Bertz CT molecular complexity index is 670. The van der Waals surface area contributed by atoms with Crippen molar-refractivity contribution in [2.75, 3.05) is 13.7 Å². The highest BCUT2D eigenvalue weighted by Crippen LogP contribution is 2.39. The highest BCUT2D eigenvalue weighted by molar-refractivity contribution is 6.30. The molecule has 0 bridgehead atoms. The van der Waals surface area contributed by atoms with Crippen LogP contribution in [0.25, 0.3) is 0 Å². The molecule has 0 N–H and O–H groups in total. The largest absolute Gasteiger partial charge is 0.361 e. The van der Waals surface area contributed by atoms with Gasteiger partial charge in [-0.3, -0.25) is 4.79 Å². The van der Waals surface area contributed by atoms with Crippen LogP contribution in [0.4, 0.5) is 0 Å². The maximum atomic E-state index is 12.0. The SMILES string of the molecule is CN1C(=O)CO[C@H](c2ccc(Cl)cc2)[C@@H]1c1ccc(Cl)cc1. The summed E-state index contributed by atoms with van der Waals surface area (Å²) in [6, 6.07) is 14.8. The third-order valence-electron chi connectivity index (χ3n) is 3.89. The molecule has 1 aliphatic rings. The summed E-state index contributed by atoms with van der Waals surface area (Å²) < 4.78 is 5.82. The van der Waals surface area contributed by atoms with Crippen LogP contribution in [0.2, 0.25) is 10.0 Å². The molecule has 0 saturated carbocycles. The van der Waals surface area contributed by atoms with Crippen molar-refractivity contribution in [3.8, 4) is 0 Å². The number of ether oxygens (including phenoxy) is 1. The van der Waals surface area contributed by atoms with Gasteiger partial charge in [0.1, 0.15) is 12.7 Å². The predicted octanol–water partition coefficient (Wildman–Crippen LogP) is 4.26. The number of morpholine rings is 1. The molecule has 5 heteroatoms. The topological polar surface area (TPSA) is 29.5 Å². The van der Waals surface area contributed by atoms with Crippen molar-refractivity contribution in [1.29, 1.82) is 0 Å². The first kappa shape index (κ1) is 15.3. The van der Waals surface area contributed by atoms with Crippen LogP contribution in [0.1, 0.15) is 23.3 Å². The minimum Gasteiger partial charge on any atom is -0.361 e. The van der Waals surface area contributed by atoms with Gasteiger partial charge in [0.05, 0.1) is 6.04 Å². The summed E-state index contributed by atoms with van der Waals surface area (Å²) in [6.45, 7) is 0.0773. The molecule has 1 amide bonds. The molecule has 1 heterocycles. The molecular formula is C17H15Cl2NO2. The van der Waals surface area contributed by atoms with E-state index in [1.54, 1.807) is 11.9 Å². The summed E-state index contributed by atoms with van der Waals surface area (Å²) in [7, 11) is 1.80. The van der Waals surface area contributed by atoms with Crippen molar-refractivity contribution >= 4 is 29.1 Å². The molecule has 1 fully saturated rings. The first-order valence-electron chi connectivity index (χ1n) is 6.94. The lowest BCUT2D eigenvalue weighted by Crippen LogP contribution is -2.43. The number of likely N-dealkylation sites (N-methyl/N-ethyl adjacent to an activating group) is 1. The first-order valence-corrected chi connectivity index (χ1v) is 7.70. The third-order valence-corrected chi connectivity index (χ3v) is 4.40. The van der Waals surface area contributed by atoms with E-state index in [9.17, 15) is 4.79 Å². The third kappa shape index (κ3) is 2.98. The van der Waals surface area contributed by atoms with Gasteiger partial charge in [0.15, 0.2) is 0 Å². The fourth-order valence-corrected chi connectivity index (χ4v) is 2.95. The number of nitrogens with zero attached hydrogens (tertiary/aromatic N) is 1. The molecule has 3 rings (SSSR count). The number of carbonyl (C=O) groups excluding carboxylic acids is 1. The number of amides is 1. The zero-order valence-electron chi connectivity index (χ0n) is 12.0. The van der Waals surface area contributed by atoms with E-state index in [0.717, 1.165) is 11.1 Å². The van der Waals surface area contributed by atoms with Gasteiger partial charge >= 0.3 is 0 Å². The normalized spacial score (nSPS) is 22.0. The number of carbonyl (C=O) groups is 1. The van der Waals surface area contributed by atoms with Gasteiger partial charge in [0.2, 0.25) is 5.91 Å². The van der Waals surface area contributed by atoms with Gasteiger partial charge in [-0.2, -0.15) is 0 Å². The van der Waals surface area contributed by atoms with Crippen molar-refractivity contribution < 1.29 is 9.53 Å². The van der Waals surface area contributed by atoms with Crippen LogP contribution >= 0.6 is 23.2 Å². The van der Waals surface area contributed by atoms with E-state index in [0.29, 0.717) is 10.0 Å². The fourth-order valence-electron chi connectivity index (χ4n) is 2.70. The van der Waals surface area contributed by atoms with Crippen LogP contribution in [-0.4, -0.2) is 24.5 Å². The van der Waals surface area contributed by atoms with Gasteiger partial charge in [-0.15, -0.1) is 0 Å². The second kappa shape index (κ2) is 6.29. The smallest absolute Gasteiger partial charge is 0.248 e. The molecular weight excluding hydrogens is 321 g/mol. The average molecular weight is 336 g/mol. The zero-order chi connectivity index (χ0) is 15.7. The van der Waals surface area contributed by atoms with Crippen molar-refractivity contribution in [1.82, 2.24) is 4.90 Å². The Hall–Kier alpha value is -1.55. The molecule has 0 aromatic heterocycles. The van der Waals surface area contributed by atoms with Crippen molar-refractivity contribution in [2.24, 2.45) is 0 Å². The molecule has 22 heavy (non-hydrogen) atoms. The second-order valence-electron chi connectivity index (χ2n) is 5.28. The van der Waals surface area contributed by atoms with Gasteiger partial charge in [-0.1, -0.05) is 47.5 Å². The lowest BCUT2D eigenvalue weighted by molar-refractivity contribution is -0.155. The second-order valence-corrected chi connectivity index (χ2v) is 6.16. The fraction of sp³-hybridized carbons (Fsp3) is 0.235. The summed E-state index contributed by atoms with van der Waals surface area (Å²) in [5.41, 5.74) is 1.98. The molecule has 1 aliphatic heterocycles. The number of hydrogen-bond donors (Lipinski definition) is 0. The van der Waals surface area contributed by atoms with Crippen molar-refractivity contribution in [3.63, 3.8) is 0 Å². The summed E-state index contributed by atoms with van der Waals surface area (Å²) in [5.74, 6) is -0.0369. The zero-order valence-corrected chi connectivity index (χ0v) is 13.5. The number of rotatable bonds is 2. The van der Waals surface area contributed by atoms with Gasteiger partial charge in [0.25, 0.3) is 0 Å². The van der Waals surface area contributed by atoms with Crippen LogP contribution < -0.4 is 0 Å². The Balaban J connectivity index is 2.00. The number of hydrogen-bond acceptors (Lipinski definition) is 2. The average Bonchev–Trinajstić information content (AvgIpc) is 2.52. The van der Waals surface area contributed by atoms with E-state index in [1.165, 1.54) is 0 Å². The molecule has 2 atom stereocenters. The maximum absolute atomic E-state index is 12.0. The molecule has 0 aliphatic carbocycles. The van der Waals surface area contributed by atoms with E-state index < -0.39 is 0 Å². The maximum Gasteiger partial charge on any atom is 0.248 e. The Morgan fingerprint density at radius 3 is 2.00 bits per heavy atom. The Morgan fingerprint density at radius 1 is 0.955 bits per heavy atom. The Labute approximate surface area is 139 Å². The van der Waals surface area contributed by atoms with Crippen LogP contribution in [-0.2, 0) is 9.53 Å². The van der Waals surface area contributed by atoms with E-state index in [1.807, 2.05) is 48.5 Å². The van der Waals surface area contributed by atoms with Crippen LogP contribution in [0.5, 0.6) is 0 Å². The standard InChI is InChI=1S/C17H15Cl2NO2/c1-20-15(21)10-22-17(12-4-8-14(19)9-5-12)16(20)11-2-6-13(18)7-3-11/h2-9,16-17H,10H2,1H3/t16-,17+/m0/s1. The molecule has 0 unspecified atom stereocenters. The quantitative estimate of drug-likeness (QED) is 0.820. The summed E-state index contributed by atoms with van der Waals surface area (Å²) in [6.07, 6.45) is -0.235. The van der Waals surface area contributed by atoms with Gasteiger partial charge in [-0.25, -0.2) is 0 Å². The summed E-state index contributed by atoms with van der Waals surface area (Å²) in [5, 5.41) is 1.34. The molecule has 2 aromatic rings. The molecule has 0 radical (unpaired) electrons. The van der Waals surface area contributed by atoms with E-state index in [4.69, 9.17) is 27.9 Å². The highest BCUT2D eigenvalue weighted by Gasteiger charge is 2.36. The number of halogens is 2. The van der Waals surface area contributed by atoms with E-state index in [2.05, 4.69) is 0 Å². The Morgan fingerprint density at radius 2 is 1.45 bits per heavy atom. The molecule has 1 saturated heterocycles. The molecule has 3 nitrogen and oxygen atoms in total. The highest BCUT2D eigenvalue weighted by atomic mass is 35.5. The summed E-state index contributed by atoms with van der Waals surface area (Å²) >= 11 is 11.9. The van der Waals surface area contributed by atoms with Crippen molar-refractivity contribution in [3.05, 3.63) is 69.7 Å². The molecule has 2 aromatic carbocycles. The first-order chi connectivity index (χ1) is 10.6. The monoisotopic (exact) mass is 335 g/mol. The minimum absolute atomic E-state index is 0.0369. The number of benzene rings is 2. The molecule has 114 valence electrons. The molecule has 0 spiro atoms. The van der Waals surface area contributed by atoms with Gasteiger partial charge < -0.3 is 9.64 Å². The van der Waals surface area contributed by atoms with E-state index in [-0.39, 0.29) is 24.7 Å². The van der Waals surface area contributed by atoms with Crippen LogP contribution in [0.15, 0.2) is 48.5 Å². The summed E-state index contributed by atoms with van der Waals surface area (Å²) in [4.78, 5) is 13.8. The minimum atomic E-state index is -0.235. The van der Waals surface area contributed by atoms with Gasteiger partial charge in [-0.05, 0) is 35.4 Å². The van der Waals surface area contributed by atoms with E-state index >= 15 is 0 Å². The lowest BCUT2D eigenvalue weighted by Gasteiger charge is -2.39.